The number of halogens is 3. The van der Waals surface area contributed by atoms with Gasteiger partial charge in [-0.3, -0.25) is 0 Å². The normalized spacial score (nSPS) is 17.4. The lowest BCUT2D eigenvalue weighted by Crippen LogP contribution is -2.24. The molecule has 1 aromatic rings. The molecule has 0 aromatic heterocycles. The maximum Gasteiger partial charge on any atom is 0.0637 e. The van der Waals surface area contributed by atoms with Crippen molar-refractivity contribution in [1.82, 2.24) is 5.32 Å². The van der Waals surface area contributed by atoms with Gasteiger partial charge in [0.1, 0.15) is 0 Å². The third-order valence-electron chi connectivity index (χ3n) is 2.82. The van der Waals surface area contributed by atoms with Crippen molar-refractivity contribution in [3.05, 3.63) is 33.8 Å². The van der Waals surface area contributed by atoms with E-state index >= 15 is 0 Å². The van der Waals surface area contributed by atoms with E-state index in [4.69, 9.17) is 34.8 Å². The topological polar surface area (TPSA) is 12.0 Å². The summed E-state index contributed by atoms with van der Waals surface area (Å²) in [6, 6.07) is 5.67. The Labute approximate surface area is 111 Å². The highest BCUT2D eigenvalue weighted by Crippen LogP contribution is 2.35. The van der Waals surface area contributed by atoms with Crippen LogP contribution in [0.15, 0.2) is 18.2 Å². The average molecular weight is 279 g/mol. The standard InChI is InChI=1S/C12H14Cl3N/c13-10-3-1-2-9(12(10)15)6-16-7-11(14)8-4-5-8/h1-3,8,11,16H,4-7H2. The number of benzene rings is 1. The summed E-state index contributed by atoms with van der Waals surface area (Å²) in [6.45, 7) is 1.55. The van der Waals surface area contributed by atoms with Gasteiger partial charge in [0.05, 0.1) is 10.0 Å². The molecule has 1 unspecified atom stereocenters. The predicted molar refractivity (Wildman–Crippen MR) is 70.5 cm³/mol. The summed E-state index contributed by atoms with van der Waals surface area (Å²) in [5, 5.41) is 4.80. The van der Waals surface area contributed by atoms with Crippen molar-refractivity contribution in [3.8, 4) is 0 Å². The summed E-state index contributed by atoms with van der Waals surface area (Å²) in [6.07, 6.45) is 2.54. The summed E-state index contributed by atoms with van der Waals surface area (Å²) < 4.78 is 0. The molecule has 2 rings (SSSR count). The van der Waals surface area contributed by atoms with E-state index in [-0.39, 0.29) is 5.38 Å². The minimum Gasteiger partial charge on any atom is -0.311 e. The lowest BCUT2D eigenvalue weighted by molar-refractivity contribution is 0.620. The average Bonchev–Trinajstić information content (AvgIpc) is 3.07. The minimum absolute atomic E-state index is 0.248. The monoisotopic (exact) mass is 277 g/mol. The van der Waals surface area contributed by atoms with E-state index in [1.54, 1.807) is 6.07 Å². The second kappa shape index (κ2) is 5.59. The van der Waals surface area contributed by atoms with Crippen LogP contribution in [0.4, 0.5) is 0 Å². The fourth-order valence-corrected chi connectivity index (χ4v) is 2.40. The van der Waals surface area contributed by atoms with E-state index in [2.05, 4.69) is 5.32 Å². The summed E-state index contributed by atoms with van der Waals surface area (Å²) in [5.41, 5.74) is 1.02. The lowest BCUT2D eigenvalue weighted by atomic mass is 10.2. The molecule has 0 aliphatic heterocycles. The molecule has 1 saturated carbocycles. The Kier molecular flexibility index (Phi) is 4.37. The zero-order chi connectivity index (χ0) is 11.5. The third kappa shape index (κ3) is 3.27. The highest BCUT2D eigenvalue weighted by Gasteiger charge is 2.29. The van der Waals surface area contributed by atoms with Crippen LogP contribution in [0.25, 0.3) is 0 Å². The van der Waals surface area contributed by atoms with Crippen molar-refractivity contribution >= 4 is 34.8 Å². The molecule has 0 heterocycles. The van der Waals surface area contributed by atoms with Gasteiger partial charge >= 0.3 is 0 Å². The third-order valence-corrected chi connectivity index (χ3v) is 4.19. The molecule has 1 aliphatic carbocycles. The maximum atomic E-state index is 6.19. The van der Waals surface area contributed by atoms with E-state index < -0.39 is 0 Å². The van der Waals surface area contributed by atoms with Crippen LogP contribution < -0.4 is 5.32 Å². The van der Waals surface area contributed by atoms with Gasteiger partial charge < -0.3 is 5.32 Å². The fourth-order valence-electron chi connectivity index (χ4n) is 1.65. The van der Waals surface area contributed by atoms with Gasteiger partial charge in [-0.1, -0.05) is 35.3 Å². The quantitative estimate of drug-likeness (QED) is 0.800. The van der Waals surface area contributed by atoms with Gasteiger partial charge in [-0.25, -0.2) is 0 Å². The molecule has 0 spiro atoms. The number of hydrogen-bond donors (Lipinski definition) is 1. The summed E-state index contributed by atoms with van der Waals surface area (Å²) in [5.74, 6) is 0.712. The highest BCUT2D eigenvalue weighted by atomic mass is 35.5. The van der Waals surface area contributed by atoms with Gasteiger partial charge in [0.2, 0.25) is 0 Å². The SMILES string of the molecule is Clc1cccc(CNCC(Cl)C2CC2)c1Cl. The lowest BCUT2D eigenvalue weighted by Gasteiger charge is -2.11. The van der Waals surface area contributed by atoms with Gasteiger partial charge in [-0.05, 0) is 30.4 Å². The number of nitrogens with one attached hydrogen (secondary N) is 1. The molecular formula is C12H14Cl3N. The van der Waals surface area contributed by atoms with Gasteiger partial charge in [0.25, 0.3) is 0 Å². The van der Waals surface area contributed by atoms with Crippen molar-refractivity contribution in [3.63, 3.8) is 0 Å². The number of hydrogen-bond acceptors (Lipinski definition) is 1. The van der Waals surface area contributed by atoms with Crippen molar-refractivity contribution < 1.29 is 0 Å². The Hall–Kier alpha value is 0.0500. The molecule has 1 aliphatic rings. The molecule has 1 nitrogen and oxygen atoms in total. The molecule has 88 valence electrons. The number of alkyl halides is 1. The van der Waals surface area contributed by atoms with E-state index in [1.807, 2.05) is 12.1 Å². The van der Waals surface area contributed by atoms with Gasteiger partial charge in [-0.2, -0.15) is 0 Å². The largest absolute Gasteiger partial charge is 0.311 e. The molecule has 1 aromatic carbocycles. The van der Waals surface area contributed by atoms with Crippen LogP contribution in [-0.4, -0.2) is 11.9 Å². The molecule has 0 amide bonds. The van der Waals surface area contributed by atoms with E-state index in [9.17, 15) is 0 Å². The smallest absolute Gasteiger partial charge is 0.0637 e. The fraction of sp³-hybridized carbons (Fsp3) is 0.500. The Morgan fingerprint density at radius 2 is 2.06 bits per heavy atom. The van der Waals surface area contributed by atoms with Gasteiger partial charge in [-0.15, -0.1) is 11.6 Å². The zero-order valence-electron chi connectivity index (χ0n) is 8.85. The molecule has 1 N–H and O–H groups in total. The molecule has 0 saturated heterocycles. The Bertz CT molecular complexity index is 363. The van der Waals surface area contributed by atoms with Crippen molar-refractivity contribution in [2.24, 2.45) is 5.92 Å². The van der Waals surface area contributed by atoms with E-state index in [0.29, 0.717) is 16.0 Å². The zero-order valence-corrected chi connectivity index (χ0v) is 11.1. The number of rotatable bonds is 5. The van der Waals surface area contributed by atoms with Crippen molar-refractivity contribution in [2.45, 2.75) is 24.8 Å². The first-order valence-electron chi connectivity index (χ1n) is 5.46. The Balaban J connectivity index is 1.82. The highest BCUT2D eigenvalue weighted by molar-refractivity contribution is 6.42. The van der Waals surface area contributed by atoms with Crippen LogP contribution in [-0.2, 0) is 6.54 Å². The molecule has 4 heteroatoms. The van der Waals surface area contributed by atoms with Crippen molar-refractivity contribution in [2.75, 3.05) is 6.54 Å². The molecular weight excluding hydrogens is 264 g/mol. The summed E-state index contributed by atoms with van der Waals surface area (Å²) in [7, 11) is 0. The second-order valence-corrected chi connectivity index (χ2v) is 5.54. The molecule has 16 heavy (non-hydrogen) atoms. The van der Waals surface area contributed by atoms with Crippen LogP contribution in [0.2, 0.25) is 10.0 Å². The minimum atomic E-state index is 0.248. The molecule has 0 bridgehead atoms. The first-order valence-corrected chi connectivity index (χ1v) is 6.65. The van der Waals surface area contributed by atoms with Crippen LogP contribution in [0.3, 0.4) is 0 Å². The summed E-state index contributed by atoms with van der Waals surface area (Å²) in [4.78, 5) is 0. The van der Waals surface area contributed by atoms with E-state index in [0.717, 1.165) is 18.7 Å². The maximum absolute atomic E-state index is 6.19. The van der Waals surface area contributed by atoms with Crippen LogP contribution in [0.1, 0.15) is 18.4 Å². The molecule has 1 atom stereocenters. The van der Waals surface area contributed by atoms with Crippen LogP contribution in [0, 0.1) is 5.92 Å². The van der Waals surface area contributed by atoms with E-state index in [1.165, 1.54) is 12.8 Å². The van der Waals surface area contributed by atoms with Gasteiger partial charge in [0.15, 0.2) is 0 Å². The molecule has 0 radical (unpaired) electrons. The van der Waals surface area contributed by atoms with Crippen molar-refractivity contribution in [1.29, 1.82) is 0 Å². The predicted octanol–water partition coefficient (Wildman–Crippen LogP) is 4.10. The van der Waals surface area contributed by atoms with Gasteiger partial charge in [0, 0.05) is 18.5 Å². The first kappa shape index (κ1) is 12.5. The Morgan fingerprint density at radius 1 is 1.31 bits per heavy atom. The first-order chi connectivity index (χ1) is 7.68. The van der Waals surface area contributed by atoms with Crippen LogP contribution in [0.5, 0.6) is 0 Å². The molecule has 1 fully saturated rings. The summed E-state index contributed by atoms with van der Waals surface area (Å²) >= 11 is 18.2. The second-order valence-electron chi connectivity index (χ2n) is 4.20. The van der Waals surface area contributed by atoms with Crippen LogP contribution >= 0.6 is 34.8 Å². The Morgan fingerprint density at radius 3 is 2.75 bits per heavy atom.